The lowest BCUT2D eigenvalue weighted by Gasteiger charge is -2.21. The van der Waals surface area contributed by atoms with Gasteiger partial charge in [0.1, 0.15) is 5.45 Å². The van der Waals surface area contributed by atoms with Gasteiger partial charge in [-0.05, 0) is 12.5 Å². The zero-order valence-corrected chi connectivity index (χ0v) is 12.0. The van der Waals surface area contributed by atoms with Crippen LogP contribution in [0.25, 0.3) is 0 Å². The van der Waals surface area contributed by atoms with Gasteiger partial charge in [-0.1, -0.05) is 66.7 Å². The minimum atomic E-state index is -2.84. The minimum Gasteiger partial charge on any atom is -0.307 e. The topological polar surface area (TPSA) is 29.4 Å². The molecule has 0 unspecified atom stereocenters. The predicted molar refractivity (Wildman–Crippen MR) is 85.8 cm³/mol. The molecule has 3 heteroatoms. The van der Waals surface area contributed by atoms with Crippen LogP contribution in [-0.4, -0.2) is 12.0 Å². The normalized spacial score (nSPS) is 14.9. The van der Waals surface area contributed by atoms with Crippen LogP contribution in [0.1, 0.15) is 6.42 Å². The number of dihydropyridines is 1. The SMILES string of the molecule is O=P(C1=NCCC=C1)(c1ccccc1)c1ccccc1. The molecule has 0 saturated carbocycles. The molecule has 1 aliphatic heterocycles. The van der Waals surface area contributed by atoms with Crippen molar-refractivity contribution in [2.45, 2.75) is 6.42 Å². The van der Waals surface area contributed by atoms with Crippen molar-refractivity contribution in [3.05, 3.63) is 72.8 Å². The molecule has 0 aliphatic carbocycles. The first-order chi connectivity index (χ1) is 9.82. The summed E-state index contributed by atoms with van der Waals surface area (Å²) in [4.78, 5) is 4.52. The van der Waals surface area contributed by atoms with Crippen LogP contribution in [0.2, 0.25) is 0 Å². The second-order valence-electron chi connectivity index (χ2n) is 4.71. The van der Waals surface area contributed by atoms with Crippen LogP contribution in [0, 0.1) is 0 Å². The number of hydrogen-bond acceptors (Lipinski definition) is 2. The Morgan fingerprint density at radius 3 is 1.85 bits per heavy atom. The van der Waals surface area contributed by atoms with Gasteiger partial charge in [-0.2, -0.15) is 0 Å². The maximum atomic E-state index is 13.8. The molecule has 3 rings (SSSR count). The lowest BCUT2D eigenvalue weighted by atomic mass is 10.3. The highest BCUT2D eigenvalue weighted by molar-refractivity contribution is 7.93. The van der Waals surface area contributed by atoms with Crippen molar-refractivity contribution < 1.29 is 4.57 Å². The van der Waals surface area contributed by atoms with Crippen molar-refractivity contribution in [1.29, 1.82) is 0 Å². The molecule has 0 amide bonds. The summed E-state index contributed by atoms with van der Waals surface area (Å²) in [6.07, 6.45) is 4.90. The van der Waals surface area contributed by atoms with E-state index < -0.39 is 7.14 Å². The summed E-state index contributed by atoms with van der Waals surface area (Å²) in [6.45, 7) is 0.718. The molecular weight excluding hydrogens is 265 g/mol. The number of aliphatic imine (C=N–C) groups is 1. The number of rotatable bonds is 3. The highest BCUT2D eigenvalue weighted by Gasteiger charge is 2.32. The number of benzene rings is 2. The Morgan fingerprint density at radius 1 is 0.850 bits per heavy atom. The Labute approximate surface area is 119 Å². The van der Waals surface area contributed by atoms with Gasteiger partial charge in [0.25, 0.3) is 0 Å². The largest absolute Gasteiger partial charge is 0.307 e. The van der Waals surface area contributed by atoms with Crippen LogP contribution in [-0.2, 0) is 4.57 Å². The van der Waals surface area contributed by atoms with Gasteiger partial charge in [-0.3, -0.25) is 4.99 Å². The van der Waals surface area contributed by atoms with E-state index in [2.05, 4.69) is 11.1 Å². The molecule has 0 radical (unpaired) electrons. The summed E-state index contributed by atoms with van der Waals surface area (Å²) in [5.74, 6) is 0. The van der Waals surface area contributed by atoms with Gasteiger partial charge in [0.2, 0.25) is 0 Å². The third kappa shape index (κ3) is 2.28. The molecule has 0 spiro atoms. The Kier molecular flexibility index (Phi) is 3.66. The predicted octanol–water partition coefficient (Wildman–Crippen LogP) is 3.36. The van der Waals surface area contributed by atoms with Crippen LogP contribution >= 0.6 is 7.14 Å². The molecule has 2 nitrogen and oxygen atoms in total. The van der Waals surface area contributed by atoms with Crippen LogP contribution < -0.4 is 10.6 Å². The van der Waals surface area contributed by atoms with Crippen molar-refractivity contribution in [3.8, 4) is 0 Å². The Bertz CT molecular complexity index is 646. The lowest BCUT2D eigenvalue weighted by Crippen LogP contribution is -2.22. The van der Waals surface area contributed by atoms with E-state index in [-0.39, 0.29) is 0 Å². The van der Waals surface area contributed by atoms with Crippen molar-refractivity contribution in [3.63, 3.8) is 0 Å². The van der Waals surface area contributed by atoms with Crippen LogP contribution in [0.5, 0.6) is 0 Å². The van der Waals surface area contributed by atoms with E-state index in [1.807, 2.05) is 66.7 Å². The molecule has 0 fully saturated rings. The number of allylic oxidation sites excluding steroid dienone is 1. The number of hydrogen-bond donors (Lipinski definition) is 0. The molecule has 0 aromatic heterocycles. The molecule has 100 valence electrons. The van der Waals surface area contributed by atoms with Gasteiger partial charge in [0, 0.05) is 17.2 Å². The average molecular weight is 281 g/mol. The third-order valence-corrected chi connectivity index (χ3v) is 6.39. The van der Waals surface area contributed by atoms with Crippen LogP contribution in [0.15, 0.2) is 77.8 Å². The monoisotopic (exact) mass is 281 g/mol. The van der Waals surface area contributed by atoms with E-state index in [1.54, 1.807) is 0 Å². The average Bonchev–Trinajstić information content (AvgIpc) is 2.56. The second-order valence-corrected chi connectivity index (χ2v) is 7.42. The smallest absolute Gasteiger partial charge is 0.188 e. The van der Waals surface area contributed by atoms with Gasteiger partial charge in [0.15, 0.2) is 7.14 Å². The third-order valence-electron chi connectivity index (χ3n) is 3.40. The molecule has 1 aliphatic rings. The first kappa shape index (κ1) is 13.1. The fourth-order valence-electron chi connectivity index (χ4n) is 2.39. The van der Waals surface area contributed by atoms with E-state index in [9.17, 15) is 4.57 Å². The highest BCUT2D eigenvalue weighted by Crippen LogP contribution is 2.46. The molecule has 0 atom stereocenters. The fraction of sp³-hybridized carbons (Fsp3) is 0.118. The Balaban J connectivity index is 2.21. The summed E-state index contributed by atoms with van der Waals surface area (Å²) < 4.78 is 13.8. The van der Waals surface area contributed by atoms with Crippen molar-refractivity contribution >= 4 is 23.2 Å². The maximum Gasteiger partial charge on any atom is 0.188 e. The van der Waals surface area contributed by atoms with Crippen molar-refractivity contribution in [2.24, 2.45) is 4.99 Å². The van der Waals surface area contributed by atoms with E-state index >= 15 is 0 Å². The summed E-state index contributed by atoms with van der Waals surface area (Å²) in [5.41, 5.74) is 0.709. The lowest BCUT2D eigenvalue weighted by molar-refractivity contribution is 0.593. The van der Waals surface area contributed by atoms with Gasteiger partial charge >= 0.3 is 0 Å². The number of nitrogens with zero attached hydrogens (tertiary/aromatic N) is 1. The van der Waals surface area contributed by atoms with Gasteiger partial charge in [0.05, 0.1) is 0 Å². The maximum absolute atomic E-state index is 13.8. The fourth-order valence-corrected chi connectivity index (χ4v) is 5.01. The molecule has 2 aromatic rings. The molecular formula is C17H16NOP. The molecule has 0 N–H and O–H groups in total. The first-order valence-corrected chi connectivity index (χ1v) is 8.45. The van der Waals surface area contributed by atoms with Crippen molar-refractivity contribution in [1.82, 2.24) is 0 Å². The first-order valence-electron chi connectivity index (χ1n) is 6.74. The van der Waals surface area contributed by atoms with E-state index in [1.165, 1.54) is 0 Å². The van der Waals surface area contributed by atoms with E-state index in [0.717, 1.165) is 23.6 Å². The summed E-state index contributed by atoms with van der Waals surface area (Å²) >= 11 is 0. The van der Waals surface area contributed by atoms with Crippen LogP contribution in [0.4, 0.5) is 0 Å². The quantitative estimate of drug-likeness (QED) is 0.793. The molecule has 2 aromatic carbocycles. The zero-order chi connectivity index (χ0) is 13.8. The van der Waals surface area contributed by atoms with Gasteiger partial charge < -0.3 is 4.57 Å². The summed E-state index contributed by atoms with van der Waals surface area (Å²) in [6, 6.07) is 19.3. The van der Waals surface area contributed by atoms with E-state index in [4.69, 9.17) is 0 Å². The highest BCUT2D eigenvalue weighted by atomic mass is 31.2. The Hall–Kier alpha value is -1.92. The summed E-state index contributed by atoms with van der Waals surface area (Å²) in [7, 11) is -2.84. The standard InChI is InChI=1S/C17H16NOP/c19-20(15-9-3-1-4-10-15,16-11-5-2-6-12-16)17-13-7-8-14-18-17/h1-7,9-13H,8,14H2. The van der Waals surface area contributed by atoms with Crippen LogP contribution in [0.3, 0.4) is 0 Å². The Morgan fingerprint density at radius 2 is 1.40 bits per heavy atom. The van der Waals surface area contributed by atoms with Crippen molar-refractivity contribution in [2.75, 3.05) is 6.54 Å². The van der Waals surface area contributed by atoms with E-state index in [0.29, 0.717) is 5.45 Å². The molecule has 20 heavy (non-hydrogen) atoms. The second kappa shape index (κ2) is 5.60. The molecule has 1 heterocycles. The van der Waals surface area contributed by atoms with Gasteiger partial charge in [-0.25, -0.2) is 0 Å². The zero-order valence-electron chi connectivity index (χ0n) is 11.1. The summed E-state index contributed by atoms with van der Waals surface area (Å²) in [5, 5.41) is 1.69. The van der Waals surface area contributed by atoms with Gasteiger partial charge in [-0.15, -0.1) is 0 Å². The molecule has 0 saturated heterocycles. The minimum absolute atomic E-state index is 0.709. The molecule has 0 bridgehead atoms.